The zero-order valence-corrected chi connectivity index (χ0v) is 13.6. The van der Waals surface area contributed by atoms with Crippen molar-refractivity contribution in [1.82, 2.24) is 15.2 Å². The van der Waals surface area contributed by atoms with E-state index in [1.54, 1.807) is 25.4 Å². The van der Waals surface area contributed by atoms with Crippen molar-refractivity contribution in [3.63, 3.8) is 0 Å². The van der Waals surface area contributed by atoms with E-state index >= 15 is 0 Å². The fourth-order valence-electron chi connectivity index (χ4n) is 3.22. The van der Waals surface area contributed by atoms with Gasteiger partial charge in [0.1, 0.15) is 6.04 Å². The first-order valence-electron chi connectivity index (χ1n) is 8.22. The van der Waals surface area contributed by atoms with Gasteiger partial charge in [-0.15, -0.1) is 0 Å². The molecule has 2 amide bonds. The first-order valence-corrected chi connectivity index (χ1v) is 8.22. The maximum Gasteiger partial charge on any atom is 0.326 e. The highest BCUT2D eigenvalue weighted by molar-refractivity contribution is 5.97. The molecule has 7 nitrogen and oxygen atoms in total. The van der Waals surface area contributed by atoms with Gasteiger partial charge in [-0.3, -0.25) is 14.6 Å². The van der Waals surface area contributed by atoms with Crippen molar-refractivity contribution in [2.45, 2.75) is 37.6 Å². The number of nitrogens with one attached hydrogen (secondary N) is 1. The number of amides is 2. The number of hydrogen-bond acceptors (Lipinski definition) is 4. The van der Waals surface area contributed by atoms with Crippen molar-refractivity contribution >= 4 is 17.8 Å². The zero-order chi connectivity index (χ0) is 17.3. The molecule has 3 rings (SSSR count). The Kier molecular flexibility index (Phi) is 4.51. The van der Waals surface area contributed by atoms with Gasteiger partial charge in [0.2, 0.25) is 5.91 Å². The minimum Gasteiger partial charge on any atom is -0.480 e. The number of pyridine rings is 1. The van der Waals surface area contributed by atoms with E-state index in [4.69, 9.17) is 0 Å². The highest BCUT2D eigenvalue weighted by atomic mass is 16.4. The van der Waals surface area contributed by atoms with Crippen LogP contribution >= 0.6 is 0 Å². The maximum absolute atomic E-state index is 12.9. The molecule has 24 heavy (non-hydrogen) atoms. The van der Waals surface area contributed by atoms with Crippen molar-refractivity contribution in [1.29, 1.82) is 0 Å². The minimum absolute atomic E-state index is 0.122. The molecule has 2 atom stereocenters. The molecule has 1 aromatic heterocycles. The van der Waals surface area contributed by atoms with Crippen molar-refractivity contribution in [2.75, 3.05) is 13.6 Å². The molecule has 0 radical (unpaired) electrons. The van der Waals surface area contributed by atoms with Gasteiger partial charge >= 0.3 is 5.97 Å². The molecule has 0 aromatic carbocycles. The van der Waals surface area contributed by atoms with Crippen LogP contribution in [0.4, 0.5) is 0 Å². The van der Waals surface area contributed by atoms with Gasteiger partial charge in [0.25, 0.3) is 5.91 Å². The highest BCUT2D eigenvalue weighted by Gasteiger charge is 2.38. The Morgan fingerprint density at radius 3 is 2.62 bits per heavy atom. The van der Waals surface area contributed by atoms with Crippen LogP contribution in [0.25, 0.3) is 0 Å². The third-order valence-corrected chi connectivity index (χ3v) is 4.77. The van der Waals surface area contributed by atoms with E-state index in [2.05, 4.69) is 10.3 Å². The molecule has 1 aliphatic carbocycles. The van der Waals surface area contributed by atoms with E-state index < -0.39 is 12.0 Å². The predicted octanol–water partition coefficient (Wildman–Crippen LogP) is 1.01. The van der Waals surface area contributed by atoms with Crippen molar-refractivity contribution < 1.29 is 19.5 Å². The van der Waals surface area contributed by atoms with Crippen LogP contribution in [0.3, 0.4) is 0 Å². The summed E-state index contributed by atoms with van der Waals surface area (Å²) in [5, 5.41) is 12.0. The maximum atomic E-state index is 12.9. The number of carboxylic acids is 1. The molecule has 2 aliphatic rings. The van der Waals surface area contributed by atoms with Gasteiger partial charge in [0, 0.05) is 37.0 Å². The molecule has 0 bridgehead atoms. The SMILES string of the molecule is CNC(=O)[C@H]1CC[C@@H](C(=O)O)N(C(=O)c2ccnc(C3CC3)c2)C1. The number of aromatic nitrogens is 1. The summed E-state index contributed by atoms with van der Waals surface area (Å²) in [6, 6.07) is 2.47. The molecule has 2 N–H and O–H groups in total. The average molecular weight is 331 g/mol. The number of nitrogens with zero attached hydrogens (tertiary/aromatic N) is 2. The number of aliphatic carboxylic acids is 1. The van der Waals surface area contributed by atoms with E-state index in [9.17, 15) is 19.5 Å². The first-order chi connectivity index (χ1) is 11.5. The molecule has 0 unspecified atom stereocenters. The summed E-state index contributed by atoms with van der Waals surface area (Å²) < 4.78 is 0. The fraction of sp³-hybridized carbons (Fsp3) is 0.529. The van der Waals surface area contributed by atoms with E-state index in [1.165, 1.54) is 4.90 Å². The third kappa shape index (κ3) is 3.25. The molecular formula is C17H21N3O4. The van der Waals surface area contributed by atoms with E-state index in [1.807, 2.05) is 0 Å². The van der Waals surface area contributed by atoms with Gasteiger partial charge in [-0.25, -0.2) is 4.79 Å². The molecule has 1 aliphatic heterocycles. The standard InChI is InChI=1S/C17H21N3O4/c1-18-15(21)12-4-5-14(17(23)24)20(9-12)16(22)11-6-7-19-13(8-11)10-2-3-10/h6-8,10,12,14H,2-5,9H2,1H3,(H,18,21)(H,23,24)/t12-,14-/m0/s1. The molecule has 0 spiro atoms. The monoisotopic (exact) mass is 331 g/mol. The molecule has 7 heteroatoms. The molecule has 2 fully saturated rings. The Morgan fingerprint density at radius 2 is 2.00 bits per heavy atom. The minimum atomic E-state index is -1.03. The lowest BCUT2D eigenvalue weighted by atomic mass is 9.91. The number of rotatable bonds is 4. The number of hydrogen-bond donors (Lipinski definition) is 2. The zero-order valence-electron chi connectivity index (χ0n) is 13.6. The normalized spacial score (nSPS) is 23.6. The van der Waals surface area contributed by atoms with Gasteiger partial charge < -0.3 is 15.3 Å². The Balaban J connectivity index is 1.84. The second kappa shape index (κ2) is 6.59. The summed E-state index contributed by atoms with van der Waals surface area (Å²) in [5.41, 5.74) is 1.32. The molecule has 1 aromatic rings. The predicted molar refractivity (Wildman–Crippen MR) is 85.5 cm³/mol. The summed E-state index contributed by atoms with van der Waals surface area (Å²) in [4.78, 5) is 41.9. The number of piperidine rings is 1. The summed E-state index contributed by atoms with van der Waals surface area (Å²) >= 11 is 0. The Bertz CT molecular complexity index is 672. The van der Waals surface area contributed by atoms with Crippen molar-refractivity contribution in [3.8, 4) is 0 Å². The molecular weight excluding hydrogens is 310 g/mol. The summed E-state index contributed by atoms with van der Waals surface area (Å²) in [7, 11) is 1.54. The van der Waals surface area contributed by atoms with Crippen LogP contribution in [0.5, 0.6) is 0 Å². The number of carbonyl (C=O) groups is 3. The number of likely N-dealkylation sites (tertiary alicyclic amines) is 1. The lowest BCUT2D eigenvalue weighted by molar-refractivity contribution is -0.145. The second-order valence-corrected chi connectivity index (χ2v) is 6.44. The van der Waals surface area contributed by atoms with Crippen LogP contribution in [-0.2, 0) is 9.59 Å². The van der Waals surface area contributed by atoms with Crippen LogP contribution in [0, 0.1) is 5.92 Å². The van der Waals surface area contributed by atoms with E-state index in [0.717, 1.165) is 18.5 Å². The van der Waals surface area contributed by atoms with Gasteiger partial charge in [-0.1, -0.05) is 0 Å². The average Bonchev–Trinajstić information content (AvgIpc) is 3.45. The Morgan fingerprint density at radius 1 is 1.25 bits per heavy atom. The van der Waals surface area contributed by atoms with Crippen molar-refractivity contribution in [3.05, 3.63) is 29.6 Å². The third-order valence-electron chi connectivity index (χ3n) is 4.77. The van der Waals surface area contributed by atoms with Gasteiger partial charge in [-0.05, 0) is 37.8 Å². The topological polar surface area (TPSA) is 99.6 Å². The largest absolute Gasteiger partial charge is 0.480 e. The van der Waals surface area contributed by atoms with Crippen LogP contribution in [0.15, 0.2) is 18.3 Å². The lowest BCUT2D eigenvalue weighted by Gasteiger charge is -2.36. The smallest absolute Gasteiger partial charge is 0.326 e. The molecule has 2 heterocycles. The van der Waals surface area contributed by atoms with Crippen LogP contribution in [0.2, 0.25) is 0 Å². The van der Waals surface area contributed by atoms with Crippen molar-refractivity contribution in [2.24, 2.45) is 5.92 Å². The fourth-order valence-corrected chi connectivity index (χ4v) is 3.22. The van der Waals surface area contributed by atoms with E-state index in [0.29, 0.717) is 17.9 Å². The lowest BCUT2D eigenvalue weighted by Crippen LogP contribution is -2.53. The van der Waals surface area contributed by atoms with Gasteiger partial charge in [0.05, 0.1) is 5.92 Å². The number of carbonyl (C=O) groups excluding carboxylic acids is 2. The first kappa shape index (κ1) is 16.4. The second-order valence-electron chi connectivity index (χ2n) is 6.44. The molecule has 1 saturated carbocycles. The highest BCUT2D eigenvalue weighted by Crippen LogP contribution is 2.39. The Hall–Kier alpha value is -2.44. The number of carboxylic acid groups (broad SMARTS) is 1. The van der Waals surface area contributed by atoms with Crippen LogP contribution in [-0.4, -0.2) is 52.4 Å². The molecule has 1 saturated heterocycles. The van der Waals surface area contributed by atoms with Gasteiger partial charge in [0.15, 0.2) is 0 Å². The van der Waals surface area contributed by atoms with Crippen LogP contribution < -0.4 is 5.32 Å². The van der Waals surface area contributed by atoms with E-state index in [-0.39, 0.29) is 30.7 Å². The van der Waals surface area contributed by atoms with Gasteiger partial charge in [-0.2, -0.15) is 0 Å². The quantitative estimate of drug-likeness (QED) is 0.858. The summed E-state index contributed by atoms with van der Waals surface area (Å²) in [6.07, 6.45) is 4.48. The summed E-state index contributed by atoms with van der Waals surface area (Å²) in [5.74, 6) is -1.51. The van der Waals surface area contributed by atoms with Crippen LogP contribution in [0.1, 0.15) is 47.7 Å². The summed E-state index contributed by atoms with van der Waals surface area (Å²) in [6.45, 7) is 0.122. The Labute approximate surface area is 140 Å². The molecule has 128 valence electrons.